The van der Waals surface area contributed by atoms with E-state index in [-0.39, 0.29) is 28.8 Å². The fourth-order valence-electron chi connectivity index (χ4n) is 2.22. The number of halogens is 1. The third-order valence-corrected chi connectivity index (χ3v) is 5.57. The minimum atomic E-state index is -3.60. The fraction of sp³-hybridized carbons (Fsp3) is 0.667. The molecule has 1 aliphatic carbocycles. The van der Waals surface area contributed by atoms with Crippen molar-refractivity contribution in [2.45, 2.75) is 43.2 Å². The number of rotatable bonds is 7. The second-order valence-electron chi connectivity index (χ2n) is 4.73. The van der Waals surface area contributed by atoms with Gasteiger partial charge in [0.05, 0.1) is 19.3 Å². The van der Waals surface area contributed by atoms with Crippen molar-refractivity contribution in [3.05, 3.63) is 16.5 Å². The summed E-state index contributed by atoms with van der Waals surface area (Å²) in [6.07, 6.45) is 4.81. The molecule has 0 atom stereocenters. The number of hydrogen-bond acceptors (Lipinski definition) is 5. The maximum atomic E-state index is 12.1. The predicted octanol–water partition coefficient (Wildman–Crippen LogP) is 1.74. The normalized spacial score (nSPS) is 16.9. The van der Waals surface area contributed by atoms with E-state index in [4.69, 9.17) is 14.9 Å². The molecule has 0 unspecified atom stereocenters. The summed E-state index contributed by atoms with van der Waals surface area (Å²) in [6.45, 7) is 0.774. The molecule has 114 valence electrons. The highest BCUT2D eigenvalue weighted by atomic mass is 79.9. The number of sulfonamides is 1. The first kappa shape index (κ1) is 16.0. The topological polar surface area (TPSA) is 94.6 Å². The first-order chi connectivity index (χ1) is 9.53. The van der Waals surface area contributed by atoms with Gasteiger partial charge < -0.3 is 14.9 Å². The van der Waals surface area contributed by atoms with Crippen molar-refractivity contribution in [3.8, 4) is 0 Å². The number of hydrogen-bond donors (Lipinski definition) is 2. The van der Waals surface area contributed by atoms with Crippen molar-refractivity contribution < 1.29 is 17.6 Å². The Morgan fingerprint density at radius 1 is 1.45 bits per heavy atom. The molecule has 0 aliphatic heterocycles. The van der Waals surface area contributed by atoms with Crippen molar-refractivity contribution in [3.63, 3.8) is 0 Å². The molecule has 1 heterocycles. The van der Waals surface area contributed by atoms with E-state index >= 15 is 0 Å². The third kappa shape index (κ3) is 4.05. The van der Waals surface area contributed by atoms with Crippen LogP contribution in [0.3, 0.4) is 0 Å². The molecule has 20 heavy (non-hydrogen) atoms. The summed E-state index contributed by atoms with van der Waals surface area (Å²) >= 11 is 3.08. The quantitative estimate of drug-likeness (QED) is 0.716. The lowest BCUT2D eigenvalue weighted by Gasteiger charge is -2.11. The Morgan fingerprint density at radius 3 is 2.75 bits per heavy atom. The van der Waals surface area contributed by atoms with Gasteiger partial charge >= 0.3 is 0 Å². The smallest absolute Gasteiger partial charge is 0.245 e. The van der Waals surface area contributed by atoms with Gasteiger partial charge in [-0.3, -0.25) is 0 Å². The molecule has 6 nitrogen and oxygen atoms in total. The largest absolute Gasteiger partial charge is 0.452 e. The van der Waals surface area contributed by atoms with Gasteiger partial charge in [0.2, 0.25) is 10.0 Å². The van der Waals surface area contributed by atoms with Crippen LogP contribution in [-0.4, -0.2) is 27.7 Å². The number of ether oxygens (including phenoxy) is 1. The van der Waals surface area contributed by atoms with Gasteiger partial charge in [-0.1, -0.05) is 12.8 Å². The lowest BCUT2D eigenvalue weighted by molar-refractivity contribution is 0.0626. The summed E-state index contributed by atoms with van der Waals surface area (Å²) in [7, 11) is -3.60. The number of furan rings is 1. The van der Waals surface area contributed by atoms with Crippen LogP contribution in [0.15, 0.2) is 20.0 Å². The SMILES string of the molecule is NCc1cc(S(=O)(=O)NCCOC2CCCC2)c(Br)o1. The molecule has 3 N–H and O–H groups in total. The van der Waals surface area contributed by atoms with E-state index in [1.54, 1.807) is 0 Å². The van der Waals surface area contributed by atoms with E-state index in [2.05, 4.69) is 20.7 Å². The molecule has 1 aromatic heterocycles. The average molecular weight is 367 g/mol. The molecule has 1 aromatic rings. The molecule has 1 saturated carbocycles. The summed E-state index contributed by atoms with van der Waals surface area (Å²) in [5, 5.41) is 0. The molecular formula is C12H19BrN2O4S. The van der Waals surface area contributed by atoms with Gasteiger partial charge in [-0.15, -0.1) is 0 Å². The second-order valence-corrected chi connectivity index (χ2v) is 7.19. The van der Waals surface area contributed by atoms with Crippen molar-refractivity contribution in [2.24, 2.45) is 5.73 Å². The van der Waals surface area contributed by atoms with Crippen LogP contribution in [-0.2, 0) is 21.3 Å². The highest BCUT2D eigenvalue weighted by molar-refractivity contribution is 9.10. The Bertz CT molecular complexity index is 538. The minimum Gasteiger partial charge on any atom is -0.452 e. The van der Waals surface area contributed by atoms with Gasteiger partial charge in [0.15, 0.2) is 4.67 Å². The first-order valence-corrected chi connectivity index (χ1v) is 8.90. The molecule has 2 rings (SSSR count). The van der Waals surface area contributed by atoms with Crippen LogP contribution < -0.4 is 10.5 Å². The summed E-state index contributed by atoms with van der Waals surface area (Å²) < 4.78 is 37.6. The van der Waals surface area contributed by atoms with E-state index in [0.29, 0.717) is 12.4 Å². The third-order valence-electron chi connectivity index (χ3n) is 3.25. The van der Waals surface area contributed by atoms with Crippen LogP contribution in [0.2, 0.25) is 0 Å². The number of nitrogens with two attached hydrogens (primary N) is 1. The zero-order chi connectivity index (χ0) is 14.6. The lowest BCUT2D eigenvalue weighted by Crippen LogP contribution is -2.28. The molecular weight excluding hydrogens is 348 g/mol. The van der Waals surface area contributed by atoms with E-state index in [0.717, 1.165) is 12.8 Å². The molecule has 8 heteroatoms. The summed E-state index contributed by atoms with van der Waals surface area (Å²) in [4.78, 5) is 0.0683. The van der Waals surface area contributed by atoms with Gasteiger partial charge in [-0.05, 0) is 28.8 Å². The van der Waals surface area contributed by atoms with Crippen molar-refractivity contribution in [1.82, 2.24) is 4.72 Å². The van der Waals surface area contributed by atoms with Crippen molar-refractivity contribution in [1.29, 1.82) is 0 Å². The molecule has 0 saturated heterocycles. The highest BCUT2D eigenvalue weighted by Crippen LogP contribution is 2.25. The standard InChI is InChI=1S/C12H19BrN2O4S/c13-12-11(7-10(8-14)19-12)20(16,17)15-5-6-18-9-3-1-2-4-9/h7,9,15H,1-6,8,14H2. The van der Waals surface area contributed by atoms with Crippen molar-refractivity contribution in [2.75, 3.05) is 13.2 Å². The van der Waals surface area contributed by atoms with Gasteiger partial charge in [-0.25, -0.2) is 13.1 Å². The van der Waals surface area contributed by atoms with Gasteiger partial charge in [0, 0.05) is 12.6 Å². The minimum absolute atomic E-state index is 0.0683. The predicted molar refractivity (Wildman–Crippen MR) is 77.7 cm³/mol. The van der Waals surface area contributed by atoms with Gasteiger partial charge in [0.25, 0.3) is 0 Å². The molecule has 0 aromatic carbocycles. The summed E-state index contributed by atoms with van der Waals surface area (Å²) in [5.74, 6) is 0.416. The molecule has 0 bridgehead atoms. The molecule has 1 fully saturated rings. The van der Waals surface area contributed by atoms with Crippen LogP contribution in [0.5, 0.6) is 0 Å². The van der Waals surface area contributed by atoms with Crippen LogP contribution in [0.4, 0.5) is 0 Å². The van der Waals surface area contributed by atoms with Crippen LogP contribution >= 0.6 is 15.9 Å². The lowest BCUT2D eigenvalue weighted by atomic mass is 10.3. The Balaban J connectivity index is 1.85. The van der Waals surface area contributed by atoms with Gasteiger partial charge in [-0.2, -0.15) is 0 Å². The molecule has 0 spiro atoms. The second kappa shape index (κ2) is 7.04. The Labute approximate surface area is 127 Å². The summed E-state index contributed by atoms with van der Waals surface area (Å²) in [6, 6.07) is 1.42. The first-order valence-electron chi connectivity index (χ1n) is 6.62. The van der Waals surface area contributed by atoms with Crippen LogP contribution in [0.1, 0.15) is 31.4 Å². The molecule has 0 amide bonds. The summed E-state index contributed by atoms with van der Waals surface area (Å²) in [5.41, 5.74) is 5.42. The number of nitrogens with one attached hydrogen (secondary N) is 1. The van der Waals surface area contributed by atoms with E-state index in [9.17, 15) is 8.42 Å². The molecule has 1 aliphatic rings. The Hall–Kier alpha value is -0.410. The zero-order valence-corrected chi connectivity index (χ0v) is 13.5. The fourth-order valence-corrected chi connectivity index (χ4v) is 4.22. The monoisotopic (exact) mass is 366 g/mol. The molecule has 0 radical (unpaired) electrons. The van der Waals surface area contributed by atoms with Crippen LogP contribution in [0, 0.1) is 0 Å². The highest BCUT2D eigenvalue weighted by Gasteiger charge is 2.22. The average Bonchev–Trinajstić information content (AvgIpc) is 3.04. The zero-order valence-electron chi connectivity index (χ0n) is 11.1. The van der Waals surface area contributed by atoms with E-state index < -0.39 is 10.0 Å². The van der Waals surface area contributed by atoms with E-state index in [1.165, 1.54) is 18.9 Å². The van der Waals surface area contributed by atoms with Gasteiger partial charge in [0.1, 0.15) is 10.7 Å². The maximum absolute atomic E-state index is 12.1. The maximum Gasteiger partial charge on any atom is 0.245 e. The van der Waals surface area contributed by atoms with Crippen molar-refractivity contribution >= 4 is 26.0 Å². The van der Waals surface area contributed by atoms with E-state index in [1.807, 2.05) is 0 Å². The van der Waals surface area contributed by atoms with Crippen LogP contribution in [0.25, 0.3) is 0 Å². The Kier molecular flexibility index (Phi) is 5.62. The Morgan fingerprint density at radius 2 is 2.15 bits per heavy atom.